The maximum Gasteiger partial charge on any atom is 0.332 e. The lowest BCUT2D eigenvalue weighted by Gasteiger charge is -2.17. The Bertz CT molecular complexity index is 2570. The number of fused-ring (bicyclic) bond motifs is 2. The molecule has 0 aliphatic heterocycles. The predicted octanol–water partition coefficient (Wildman–Crippen LogP) is 4.42. The predicted molar refractivity (Wildman–Crippen MR) is 246 cm³/mol. The first kappa shape index (κ1) is 48.0. The van der Waals surface area contributed by atoms with E-state index in [0.29, 0.717) is 99.2 Å². The van der Waals surface area contributed by atoms with Crippen LogP contribution < -0.4 is 41.6 Å². The summed E-state index contributed by atoms with van der Waals surface area (Å²) >= 11 is 0. The Hall–Kier alpha value is -6.01. The molecule has 0 fully saturated rings. The van der Waals surface area contributed by atoms with Gasteiger partial charge in [0.25, 0.3) is 11.5 Å². The summed E-state index contributed by atoms with van der Waals surface area (Å²) in [6.45, 7) is 5.73. The number of hydrogen-bond acceptors (Lipinski definition) is 10. The zero-order chi connectivity index (χ0) is 45.4. The second-order valence-electron chi connectivity index (χ2n) is 15.6. The molecule has 0 saturated heterocycles. The third-order valence-electron chi connectivity index (χ3n) is 10.4. The highest BCUT2D eigenvalue weighted by molar-refractivity contribution is 7.89. The van der Waals surface area contributed by atoms with Crippen molar-refractivity contribution in [1.82, 2.24) is 39.8 Å². The summed E-state index contributed by atoms with van der Waals surface area (Å²) in [5, 5.41) is 9.96. The lowest BCUT2D eigenvalue weighted by Crippen LogP contribution is -2.40. The molecule has 0 atom stereocenters. The van der Waals surface area contributed by atoms with Crippen molar-refractivity contribution in [2.75, 3.05) is 51.8 Å². The third kappa shape index (κ3) is 13.2. The Balaban J connectivity index is 0.883. The van der Waals surface area contributed by atoms with Gasteiger partial charge in [0, 0.05) is 88.2 Å². The zero-order valence-electron chi connectivity index (χ0n) is 36.8. The van der Waals surface area contributed by atoms with E-state index in [1.807, 2.05) is 57.1 Å². The molecule has 17 nitrogen and oxygen atoms in total. The highest BCUT2D eigenvalue weighted by Crippen LogP contribution is 2.30. The Morgan fingerprint density at radius 2 is 1.32 bits per heavy atom. The fourth-order valence-electron chi connectivity index (χ4n) is 7.21. The molecule has 5 rings (SSSR count). The van der Waals surface area contributed by atoms with Gasteiger partial charge in [0.15, 0.2) is 12.3 Å². The Kier molecular flexibility index (Phi) is 17.9. The molecule has 5 aromatic rings. The number of carbonyl (C=O) groups is 3. The summed E-state index contributed by atoms with van der Waals surface area (Å²) in [5.41, 5.74) is 1.46. The van der Waals surface area contributed by atoms with Crippen molar-refractivity contribution in [1.29, 1.82) is 0 Å². The smallest absolute Gasteiger partial charge is 0.332 e. The van der Waals surface area contributed by atoms with Crippen LogP contribution in [-0.4, -0.2) is 92.1 Å². The standard InChI is InChI=1S/C45H61N9O8S/c1-5-29-53-43-41(44(58)54(30-6-2)45(53)59)50-42(51-43)32-21-23-33(24-22-32)62-31-40(57)48-28-27-47-39(56)20-9-7-11-25-46-38(55)19-10-8-12-26-49-63(60,61)37-18-14-15-34-35(37)16-13-17-36(34)52(3)4/h13-18,21-24,49H,5-12,19-20,25-31H2,1-4H3,(H,46,55)(H,47,56)(H,48,57)(H,50,51). The van der Waals surface area contributed by atoms with Crippen LogP contribution in [0.5, 0.6) is 5.75 Å². The average Bonchev–Trinajstić information content (AvgIpc) is 3.72. The Morgan fingerprint density at radius 1 is 0.714 bits per heavy atom. The van der Waals surface area contributed by atoms with Crippen LogP contribution in [0.1, 0.15) is 78.1 Å². The first-order valence-corrected chi connectivity index (χ1v) is 23.3. The van der Waals surface area contributed by atoms with Gasteiger partial charge in [0.1, 0.15) is 17.1 Å². The van der Waals surface area contributed by atoms with Crippen molar-refractivity contribution < 1.29 is 27.5 Å². The SMILES string of the molecule is CCCn1c(=O)c2[nH]c(-c3ccc(OCC(=O)NCCNC(=O)CCCCCNC(=O)CCCCCNS(=O)(=O)c4cccc5c(N(C)C)cccc45)cc3)nc2n(CCC)c1=O. The van der Waals surface area contributed by atoms with E-state index in [2.05, 4.69) is 30.6 Å². The molecule has 0 bridgehead atoms. The minimum atomic E-state index is -3.70. The molecule has 0 saturated carbocycles. The third-order valence-corrected chi connectivity index (χ3v) is 11.9. The molecule has 5 N–H and O–H groups in total. The van der Waals surface area contributed by atoms with E-state index in [-0.39, 0.29) is 60.1 Å². The van der Waals surface area contributed by atoms with Crippen molar-refractivity contribution in [3.8, 4) is 17.1 Å². The molecule has 2 heterocycles. The number of hydrogen-bond donors (Lipinski definition) is 5. The number of aryl methyl sites for hydroxylation is 1. The van der Waals surface area contributed by atoms with E-state index >= 15 is 0 Å². The van der Waals surface area contributed by atoms with E-state index < -0.39 is 15.6 Å². The monoisotopic (exact) mass is 887 g/mol. The zero-order valence-corrected chi connectivity index (χ0v) is 37.6. The van der Waals surface area contributed by atoms with Crippen LogP contribution in [0.25, 0.3) is 33.3 Å². The van der Waals surface area contributed by atoms with Crippen molar-refractivity contribution in [2.45, 2.75) is 96.0 Å². The number of aromatic nitrogens is 4. The van der Waals surface area contributed by atoms with Gasteiger partial charge in [0.05, 0.1) is 4.90 Å². The highest BCUT2D eigenvalue weighted by Gasteiger charge is 2.19. The molecular weight excluding hydrogens is 827 g/mol. The Labute approximate surface area is 368 Å². The van der Waals surface area contributed by atoms with Gasteiger partial charge in [-0.25, -0.2) is 22.9 Å². The number of rotatable bonds is 26. The molecule has 0 aliphatic rings. The molecule has 63 heavy (non-hydrogen) atoms. The molecule has 0 radical (unpaired) electrons. The second-order valence-corrected chi connectivity index (χ2v) is 17.3. The van der Waals surface area contributed by atoms with Crippen molar-refractivity contribution >= 4 is 55.4 Å². The number of amides is 3. The number of benzene rings is 3. The van der Waals surface area contributed by atoms with Crippen LogP contribution in [0.3, 0.4) is 0 Å². The van der Waals surface area contributed by atoms with Crippen LogP contribution in [0, 0.1) is 0 Å². The Morgan fingerprint density at radius 3 is 1.98 bits per heavy atom. The van der Waals surface area contributed by atoms with Gasteiger partial charge in [-0.05, 0) is 74.9 Å². The maximum atomic E-state index is 13.1. The summed E-state index contributed by atoms with van der Waals surface area (Å²) in [4.78, 5) is 72.8. The summed E-state index contributed by atoms with van der Waals surface area (Å²) in [6.07, 6.45) is 6.22. The number of nitrogens with zero attached hydrogens (tertiary/aromatic N) is 4. The average molecular weight is 888 g/mol. The maximum absolute atomic E-state index is 13.1. The number of sulfonamides is 1. The normalized spacial score (nSPS) is 11.5. The minimum Gasteiger partial charge on any atom is -0.484 e. The van der Waals surface area contributed by atoms with E-state index in [1.165, 1.54) is 9.13 Å². The molecular formula is C45H61N9O8S. The number of ether oxygens (including phenoxy) is 1. The van der Waals surface area contributed by atoms with E-state index in [1.54, 1.807) is 36.4 Å². The molecule has 0 unspecified atom stereocenters. The van der Waals surface area contributed by atoms with Crippen LogP contribution in [0.15, 0.2) is 75.1 Å². The van der Waals surface area contributed by atoms with Crippen LogP contribution in [-0.2, 0) is 37.5 Å². The van der Waals surface area contributed by atoms with Crippen molar-refractivity contribution in [3.05, 3.63) is 81.5 Å². The minimum absolute atomic E-state index is 0.0488. The first-order chi connectivity index (χ1) is 30.3. The summed E-state index contributed by atoms with van der Waals surface area (Å²) in [7, 11) is 0.149. The number of aromatic amines is 1. The number of unbranched alkanes of at least 4 members (excludes halogenated alkanes) is 4. The van der Waals surface area contributed by atoms with E-state index in [9.17, 15) is 32.4 Å². The van der Waals surface area contributed by atoms with E-state index in [0.717, 1.165) is 23.9 Å². The molecule has 18 heteroatoms. The summed E-state index contributed by atoms with van der Waals surface area (Å²) in [5.74, 6) is 0.388. The second kappa shape index (κ2) is 23.4. The number of H-pyrrole nitrogens is 1. The summed E-state index contributed by atoms with van der Waals surface area (Å²) < 4.78 is 37.3. The van der Waals surface area contributed by atoms with Gasteiger partial charge in [-0.2, -0.15) is 0 Å². The number of nitrogens with one attached hydrogen (secondary N) is 5. The lowest BCUT2D eigenvalue weighted by molar-refractivity contribution is -0.124. The molecule has 2 aromatic heterocycles. The van der Waals surface area contributed by atoms with E-state index in [4.69, 9.17) is 4.74 Å². The lowest BCUT2D eigenvalue weighted by atomic mass is 10.1. The largest absolute Gasteiger partial charge is 0.484 e. The highest BCUT2D eigenvalue weighted by atomic mass is 32.2. The number of carbonyl (C=O) groups excluding carboxylic acids is 3. The van der Waals surface area contributed by atoms with Gasteiger partial charge < -0.3 is 30.6 Å². The van der Waals surface area contributed by atoms with Crippen molar-refractivity contribution in [2.24, 2.45) is 0 Å². The molecule has 0 spiro atoms. The summed E-state index contributed by atoms with van der Waals surface area (Å²) in [6, 6.07) is 17.8. The topological polar surface area (TPSA) is 219 Å². The molecule has 340 valence electrons. The van der Waals surface area contributed by atoms with Crippen LogP contribution >= 0.6 is 0 Å². The molecule has 0 aliphatic carbocycles. The van der Waals surface area contributed by atoms with Crippen molar-refractivity contribution in [3.63, 3.8) is 0 Å². The van der Waals surface area contributed by atoms with Crippen LogP contribution in [0.2, 0.25) is 0 Å². The first-order valence-electron chi connectivity index (χ1n) is 21.8. The van der Waals surface area contributed by atoms with Gasteiger partial charge in [0.2, 0.25) is 21.8 Å². The molecule has 3 amide bonds. The van der Waals surface area contributed by atoms with Gasteiger partial charge >= 0.3 is 5.69 Å². The van der Waals surface area contributed by atoms with Gasteiger partial charge in [-0.1, -0.05) is 51.0 Å². The fourth-order valence-corrected chi connectivity index (χ4v) is 8.51. The quantitative estimate of drug-likeness (QED) is 0.0493. The number of imidazole rings is 1. The fraction of sp³-hybridized carbons (Fsp3) is 0.467. The van der Waals surface area contributed by atoms with Crippen LogP contribution in [0.4, 0.5) is 5.69 Å². The van der Waals surface area contributed by atoms with Gasteiger partial charge in [-0.3, -0.25) is 28.3 Å². The molecule has 3 aromatic carbocycles. The van der Waals surface area contributed by atoms with Gasteiger partial charge in [-0.15, -0.1) is 0 Å². The number of anilines is 1.